The first kappa shape index (κ1) is 18.0. The van der Waals surface area contributed by atoms with Crippen molar-refractivity contribution in [2.75, 3.05) is 17.7 Å². The Morgan fingerprint density at radius 2 is 1.92 bits per heavy atom. The average molecular weight is 352 g/mol. The Kier molecular flexibility index (Phi) is 4.72. The predicted octanol–water partition coefficient (Wildman–Crippen LogP) is 4.06. The number of benzene rings is 2. The maximum Gasteiger partial charge on any atom is 0.232 e. The number of carbonyl (C=O) groups excluding carboxylic acids is 2. The Morgan fingerprint density at radius 3 is 2.62 bits per heavy atom. The summed E-state index contributed by atoms with van der Waals surface area (Å²) in [6.45, 7) is 6.34. The lowest BCUT2D eigenvalue weighted by molar-refractivity contribution is -0.123. The second kappa shape index (κ2) is 6.83. The van der Waals surface area contributed by atoms with Crippen LogP contribution in [-0.4, -0.2) is 18.9 Å². The molecule has 26 heavy (non-hydrogen) atoms. The summed E-state index contributed by atoms with van der Waals surface area (Å²) >= 11 is 0. The van der Waals surface area contributed by atoms with Crippen LogP contribution in [0.25, 0.3) is 0 Å². The van der Waals surface area contributed by atoms with Crippen LogP contribution in [0.5, 0.6) is 5.75 Å². The zero-order valence-electron chi connectivity index (χ0n) is 15.6. The highest BCUT2D eigenvalue weighted by atomic mass is 16.5. The molecule has 136 valence electrons. The van der Waals surface area contributed by atoms with E-state index in [0.717, 1.165) is 11.1 Å². The number of amides is 2. The van der Waals surface area contributed by atoms with Gasteiger partial charge in [-0.05, 0) is 34.7 Å². The van der Waals surface area contributed by atoms with Crippen molar-refractivity contribution >= 4 is 23.2 Å². The molecule has 2 amide bonds. The summed E-state index contributed by atoms with van der Waals surface area (Å²) in [6, 6.07) is 13.2. The minimum absolute atomic E-state index is 0.0525. The first-order valence-corrected chi connectivity index (χ1v) is 8.68. The van der Waals surface area contributed by atoms with Gasteiger partial charge in [0.25, 0.3) is 0 Å². The van der Waals surface area contributed by atoms with Crippen molar-refractivity contribution < 1.29 is 14.3 Å². The van der Waals surface area contributed by atoms with E-state index in [0.29, 0.717) is 17.1 Å². The van der Waals surface area contributed by atoms with E-state index in [1.165, 1.54) is 0 Å². The Balaban J connectivity index is 1.92. The fraction of sp³-hybridized carbons (Fsp3) is 0.333. The second-order valence-corrected chi connectivity index (χ2v) is 7.55. The van der Waals surface area contributed by atoms with E-state index < -0.39 is 5.92 Å². The van der Waals surface area contributed by atoms with E-state index in [4.69, 9.17) is 4.74 Å². The molecular formula is C21H24N2O3. The Bertz CT molecular complexity index is 853. The number of para-hydroxylation sites is 1. The van der Waals surface area contributed by atoms with Gasteiger partial charge in [0.05, 0.1) is 18.7 Å². The van der Waals surface area contributed by atoms with Crippen molar-refractivity contribution in [1.82, 2.24) is 0 Å². The molecule has 1 aliphatic rings. The zero-order valence-corrected chi connectivity index (χ0v) is 15.6. The van der Waals surface area contributed by atoms with E-state index in [9.17, 15) is 9.59 Å². The van der Waals surface area contributed by atoms with Gasteiger partial charge in [-0.1, -0.05) is 45.0 Å². The van der Waals surface area contributed by atoms with Crippen molar-refractivity contribution in [2.45, 2.75) is 38.5 Å². The van der Waals surface area contributed by atoms with Crippen LogP contribution in [0.15, 0.2) is 42.5 Å². The van der Waals surface area contributed by atoms with Crippen LogP contribution in [-0.2, 0) is 15.0 Å². The highest BCUT2D eigenvalue weighted by molar-refractivity contribution is 6.05. The number of hydrogen-bond acceptors (Lipinski definition) is 3. The number of methoxy groups -OCH3 is 1. The number of rotatable bonds is 3. The van der Waals surface area contributed by atoms with Crippen molar-refractivity contribution in [3.63, 3.8) is 0 Å². The largest absolute Gasteiger partial charge is 0.495 e. The zero-order chi connectivity index (χ0) is 18.9. The molecule has 1 heterocycles. The first-order chi connectivity index (χ1) is 12.3. The SMILES string of the molecule is COc1ccc(C(C)(C)C)cc1NC(=O)C1CC(=O)Nc2ccccc21. The molecule has 0 aromatic heterocycles. The molecule has 0 spiro atoms. The van der Waals surface area contributed by atoms with E-state index in [1.807, 2.05) is 42.5 Å². The molecule has 0 fully saturated rings. The van der Waals surface area contributed by atoms with Crippen LogP contribution in [0.2, 0.25) is 0 Å². The Morgan fingerprint density at radius 1 is 1.19 bits per heavy atom. The molecule has 2 N–H and O–H groups in total. The smallest absolute Gasteiger partial charge is 0.232 e. The fourth-order valence-electron chi connectivity index (χ4n) is 3.14. The topological polar surface area (TPSA) is 67.4 Å². The van der Waals surface area contributed by atoms with Gasteiger partial charge in [-0.2, -0.15) is 0 Å². The Labute approximate surface area is 153 Å². The standard InChI is InChI=1S/C21H24N2O3/c1-21(2,3)13-9-10-18(26-4)17(11-13)23-20(25)15-12-19(24)22-16-8-6-5-7-14(15)16/h5-11,15H,12H2,1-4H3,(H,22,24)(H,23,25). The molecule has 1 aliphatic heterocycles. The van der Waals surface area contributed by atoms with Crippen molar-refractivity contribution in [1.29, 1.82) is 0 Å². The van der Waals surface area contributed by atoms with Crippen molar-refractivity contribution in [3.8, 4) is 5.75 Å². The molecule has 0 aliphatic carbocycles. The van der Waals surface area contributed by atoms with E-state index in [-0.39, 0.29) is 23.7 Å². The van der Waals surface area contributed by atoms with Crippen molar-refractivity contribution in [2.24, 2.45) is 0 Å². The molecule has 1 atom stereocenters. The lowest BCUT2D eigenvalue weighted by Gasteiger charge is -2.26. The molecule has 5 heteroatoms. The quantitative estimate of drug-likeness (QED) is 0.875. The molecule has 2 aromatic carbocycles. The lowest BCUT2D eigenvalue weighted by atomic mass is 9.86. The van der Waals surface area contributed by atoms with Crippen LogP contribution < -0.4 is 15.4 Å². The molecule has 0 radical (unpaired) electrons. The summed E-state index contributed by atoms with van der Waals surface area (Å²) < 4.78 is 5.40. The lowest BCUT2D eigenvalue weighted by Crippen LogP contribution is -2.31. The van der Waals surface area contributed by atoms with Gasteiger partial charge in [0.15, 0.2) is 0 Å². The number of fused-ring (bicyclic) bond motifs is 1. The van der Waals surface area contributed by atoms with Gasteiger partial charge in [-0.3, -0.25) is 9.59 Å². The molecule has 2 aromatic rings. The van der Waals surface area contributed by atoms with E-state index in [2.05, 4.69) is 31.4 Å². The monoisotopic (exact) mass is 352 g/mol. The average Bonchev–Trinajstić information content (AvgIpc) is 2.60. The highest BCUT2D eigenvalue weighted by Crippen LogP contribution is 2.35. The predicted molar refractivity (Wildman–Crippen MR) is 103 cm³/mol. The van der Waals surface area contributed by atoms with Crippen LogP contribution in [0.3, 0.4) is 0 Å². The maximum atomic E-state index is 13.0. The molecular weight excluding hydrogens is 328 g/mol. The van der Waals surface area contributed by atoms with Crippen molar-refractivity contribution in [3.05, 3.63) is 53.6 Å². The summed E-state index contributed by atoms with van der Waals surface area (Å²) in [4.78, 5) is 24.9. The van der Waals surface area contributed by atoms with Crippen LogP contribution in [0.1, 0.15) is 44.2 Å². The van der Waals surface area contributed by atoms with Gasteiger partial charge >= 0.3 is 0 Å². The van der Waals surface area contributed by atoms with Crippen LogP contribution >= 0.6 is 0 Å². The minimum Gasteiger partial charge on any atom is -0.495 e. The van der Waals surface area contributed by atoms with Crippen LogP contribution in [0.4, 0.5) is 11.4 Å². The minimum atomic E-state index is -0.525. The first-order valence-electron chi connectivity index (χ1n) is 8.68. The van der Waals surface area contributed by atoms with Gasteiger partial charge in [0, 0.05) is 12.1 Å². The molecule has 1 unspecified atom stereocenters. The number of anilines is 2. The normalized spacial score (nSPS) is 16.5. The number of nitrogens with one attached hydrogen (secondary N) is 2. The molecule has 0 bridgehead atoms. The number of carbonyl (C=O) groups is 2. The summed E-state index contributed by atoms with van der Waals surface area (Å²) in [5.74, 6) is -0.293. The summed E-state index contributed by atoms with van der Waals surface area (Å²) in [5.41, 5.74) is 3.18. The third kappa shape index (κ3) is 3.57. The van der Waals surface area contributed by atoms with Crippen LogP contribution in [0, 0.1) is 0 Å². The van der Waals surface area contributed by atoms with Gasteiger partial charge in [0.1, 0.15) is 5.75 Å². The van der Waals surface area contributed by atoms with E-state index in [1.54, 1.807) is 7.11 Å². The molecule has 0 saturated carbocycles. The summed E-state index contributed by atoms with van der Waals surface area (Å²) in [7, 11) is 1.57. The second-order valence-electron chi connectivity index (χ2n) is 7.55. The fourth-order valence-corrected chi connectivity index (χ4v) is 3.14. The van der Waals surface area contributed by atoms with Gasteiger partial charge < -0.3 is 15.4 Å². The molecule has 3 rings (SSSR count). The highest BCUT2D eigenvalue weighted by Gasteiger charge is 2.31. The third-order valence-corrected chi connectivity index (χ3v) is 4.64. The van der Waals surface area contributed by atoms with E-state index >= 15 is 0 Å². The number of hydrogen-bond donors (Lipinski definition) is 2. The molecule has 5 nitrogen and oxygen atoms in total. The maximum absolute atomic E-state index is 13.0. The molecule has 0 saturated heterocycles. The Hall–Kier alpha value is -2.82. The van der Waals surface area contributed by atoms with Gasteiger partial charge in [-0.25, -0.2) is 0 Å². The third-order valence-electron chi connectivity index (χ3n) is 4.64. The number of ether oxygens (including phenoxy) is 1. The van der Waals surface area contributed by atoms with Gasteiger partial charge in [-0.15, -0.1) is 0 Å². The van der Waals surface area contributed by atoms with Gasteiger partial charge in [0.2, 0.25) is 11.8 Å². The summed E-state index contributed by atoms with van der Waals surface area (Å²) in [6.07, 6.45) is 0.129. The summed E-state index contributed by atoms with van der Waals surface area (Å²) in [5, 5.41) is 5.78.